The van der Waals surface area contributed by atoms with Crippen LogP contribution in [-0.4, -0.2) is 41.4 Å². The summed E-state index contributed by atoms with van der Waals surface area (Å²) < 4.78 is 12.7. The van der Waals surface area contributed by atoms with Gasteiger partial charge in [0.15, 0.2) is 5.11 Å². The van der Waals surface area contributed by atoms with E-state index in [9.17, 15) is 4.79 Å². The number of benzene rings is 2. The minimum Gasteiger partial charge on any atom is -0.495 e. The third-order valence-electron chi connectivity index (χ3n) is 7.05. The fraction of sp³-hybridized carbons (Fsp3) is 0.233. The van der Waals surface area contributed by atoms with Gasteiger partial charge >= 0.3 is 0 Å². The Bertz CT molecular complexity index is 1610. The molecule has 2 N–H and O–H groups in total. The van der Waals surface area contributed by atoms with Crippen LogP contribution in [0.5, 0.6) is 5.75 Å². The van der Waals surface area contributed by atoms with Gasteiger partial charge in [-0.25, -0.2) is 0 Å². The first-order valence-electron chi connectivity index (χ1n) is 12.8. The van der Waals surface area contributed by atoms with Crippen LogP contribution >= 0.6 is 35.4 Å². The largest absolute Gasteiger partial charge is 0.495 e. The molecule has 1 saturated heterocycles. The third kappa shape index (κ3) is 5.63. The number of nitrogens with one attached hydrogen (secondary N) is 2. The second-order valence-corrected chi connectivity index (χ2v) is 10.9. The van der Waals surface area contributed by atoms with Crippen molar-refractivity contribution < 1.29 is 14.3 Å². The van der Waals surface area contributed by atoms with Crippen molar-refractivity contribution in [1.82, 2.24) is 14.9 Å². The summed E-state index contributed by atoms with van der Waals surface area (Å²) in [6.07, 6.45) is 1.77. The first-order valence-corrected chi connectivity index (χ1v) is 14.0. The number of thiocarbonyl (C=S) groups is 1. The molecule has 2 aromatic carbocycles. The number of carbonyl (C=O) groups excluding carboxylic acids is 1. The molecular formula is C30H29Cl2N5O3S. The van der Waals surface area contributed by atoms with Crippen molar-refractivity contribution in [2.24, 2.45) is 0 Å². The molecule has 1 aliphatic heterocycles. The molecule has 0 aliphatic carbocycles. The average Bonchev–Trinajstić information content (AvgIpc) is 3.45. The summed E-state index contributed by atoms with van der Waals surface area (Å²) in [7, 11) is 3.11. The van der Waals surface area contributed by atoms with Gasteiger partial charge in [-0.15, -0.1) is 0 Å². The maximum atomic E-state index is 12.1. The Morgan fingerprint density at radius 3 is 2.59 bits per heavy atom. The van der Waals surface area contributed by atoms with Crippen molar-refractivity contribution >= 4 is 57.8 Å². The average molecular weight is 611 g/mol. The lowest BCUT2D eigenvalue weighted by molar-refractivity contribution is -0.119. The van der Waals surface area contributed by atoms with E-state index in [1.165, 1.54) is 7.11 Å². The Hall–Kier alpha value is -3.63. The molecule has 2 aromatic heterocycles. The summed E-state index contributed by atoms with van der Waals surface area (Å²) in [4.78, 5) is 18.8. The van der Waals surface area contributed by atoms with Crippen LogP contribution in [0.25, 0.3) is 5.69 Å². The van der Waals surface area contributed by atoms with Crippen molar-refractivity contribution in [3.05, 3.63) is 99.6 Å². The maximum Gasteiger partial charge on any atom is 0.250 e. The number of aromatic nitrogens is 2. The summed E-state index contributed by atoms with van der Waals surface area (Å²) in [5.41, 5.74) is 5.99. The van der Waals surface area contributed by atoms with E-state index in [0.29, 0.717) is 26.6 Å². The van der Waals surface area contributed by atoms with Gasteiger partial charge in [-0.05, 0) is 86.2 Å². The molecule has 0 unspecified atom stereocenters. The van der Waals surface area contributed by atoms with Crippen LogP contribution in [-0.2, 0) is 9.53 Å². The zero-order valence-corrected chi connectivity index (χ0v) is 25.3. The second kappa shape index (κ2) is 12.1. The van der Waals surface area contributed by atoms with E-state index in [1.807, 2.05) is 54.3 Å². The van der Waals surface area contributed by atoms with Crippen molar-refractivity contribution in [2.45, 2.75) is 25.9 Å². The molecule has 0 spiro atoms. The fourth-order valence-corrected chi connectivity index (χ4v) is 6.05. The normalized spacial score (nSPS) is 16.5. The predicted molar refractivity (Wildman–Crippen MR) is 167 cm³/mol. The Labute approximate surface area is 254 Å². The number of nitrogens with zero attached hydrogens (tertiary/aromatic N) is 3. The fourth-order valence-electron chi connectivity index (χ4n) is 5.32. The van der Waals surface area contributed by atoms with E-state index in [2.05, 4.69) is 33.2 Å². The van der Waals surface area contributed by atoms with Gasteiger partial charge in [-0.1, -0.05) is 29.3 Å². The Balaban J connectivity index is 1.63. The van der Waals surface area contributed by atoms with Gasteiger partial charge in [0.05, 0.1) is 41.3 Å². The third-order valence-corrected chi connectivity index (χ3v) is 7.91. The molecule has 1 amide bonds. The summed E-state index contributed by atoms with van der Waals surface area (Å²) >= 11 is 19.0. The standard InChI is InChI=1S/C30H29Cl2N5O3S/c1-17-13-21(18(2)36(17)25-14-19(31)8-11-26(25)40-4)29-28(24-7-5-6-12-33-24)35-30(41)37(29)20-9-10-23(22(32)15-20)34-27(38)16-39-3/h5-15,28-29H,16H2,1-4H3,(H,34,38)(H,35,41)/t28-,29+/m1/s1. The minimum atomic E-state index is -0.294. The molecule has 212 valence electrons. The number of methoxy groups -OCH3 is 2. The summed E-state index contributed by atoms with van der Waals surface area (Å²) in [6, 6.07) is 18.5. The Kier molecular flexibility index (Phi) is 8.51. The number of aryl methyl sites for hydroxylation is 1. The van der Waals surface area contributed by atoms with E-state index >= 15 is 0 Å². The Morgan fingerprint density at radius 2 is 1.90 bits per heavy atom. The van der Waals surface area contributed by atoms with E-state index < -0.39 is 0 Å². The van der Waals surface area contributed by atoms with Crippen LogP contribution in [0, 0.1) is 13.8 Å². The highest BCUT2D eigenvalue weighted by molar-refractivity contribution is 7.80. The number of hydrogen-bond acceptors (Lipinski definition) is 5. The molecule has 3 heterocycles. The lowest BCUT2D eigenvalue weighted by Gasteiger charge is -2.28. The van der Waals surface area contributed by atoms with E-state index in [1.54, 1.807) is 25.4 Å². The molecule has 0 saturated carbocycles. The minimum absolute atomic E-state index is 0.0704. The van der Waals surface area contributed by atoms with Crippen molar-refractivity contribution in [3.63, 3.8) is 0 Å². The molecular weight excluding hydrogens is 581 g/mol. The molecule has 4 aromatic rings. The SMILES string of the molecule is COCC(=O)Nc1ccc(N2C(=S)N[C@H](c3ccccn3)[C@@H]2c2cc(C)n(-c3cc(Cl)ccc3OC)c2C)cc1Cl. The van der Waals surface area contributed by atoms with Crippen molar-refractivity contribution in [3.8, 4) is 11.4 Å². The van der Waals surface area contributed by atoms with Gasteiger partial charge < -0.3 is 29.6 Å². The molecule has 5 rings (SSSR count). The number of amides is 1. The quantitative estimate of drug-likeness (QED) is 0.219. The summed E-state index contributed by atoms with van der Waals surface area (Å²) in [6.45, 7) is 4.05. The highest BCUT2D eigenvalue weighted by Crippen LogP contribution is 2.45. The lowest BCUT2D eigenvalue weighted by Crippen LogP contribution is -2.29. The molecule has 0 bridgehead atoms. The predicted octanol–water partition coefficient (Wildman–Crippen LogP) is 6.57. The highest BCUT2D eigenvalue weighted by atomic mass is 35.5. The molecule has 1 aliphatic rings. The van der Waals surface area contributed by atoms with Crippen LogP contribution in [0.4, 0.5) is 11.4 Å². The van der Waals surface area contributed by atoms with Gasteiger partial charge in [-0.2, -0.15) is 0 Å². The monoisotopic (exact) mass is 609 g/mol. The molecule has 1 fully saturated rings. The second-order valence-electron chi connectivity index (χ2n) is 9.62. The number of carbonyl (C=O) groups is 1. The number of pyridine rings is 1. The number of rotatable bonds is 8. The maximum absolute atomic E-state index is 12.1. The molecule has 2 atom stereocenters. The van der Waals surface area contributed by atoms with E-state index in [0.717, 1.165) is 34.0 Å². The van der Waals surface area contributed by atoms with Gasteiger partial charge in [0.2, 0.25) is 5.91 Å². The molecule has 0 radical (unpaired) electrons. The van der Waals surface area contributed by atoms with Crippen LogP contribution in [0.3, 0.4) is 0 Å². The van der Waals surface area contributed by atoms with Crippen LogP contribution in [0.2, 0.25) is 10.0 Å². The van der Waals surface area contributed by atoms with Crippen LogP contribution < -0.4 is 20.3 Å². The highest BCUT2D eigenvalue weighted by Gasteiger charge is 2.42. The topological polar surface area (TPSA) is 80.7 Å². The lowest BCUT2D eigenvalue weighted by atomic mass is 9.96. The van der Waals surface area contributed by atoms with E-state index in [-0.39, 0.29) is 24.6 Å². The van der Waals surface area contributed by atoms with Gasteiger partial charge in [0, 0.05) is 35.4 Å². The summed E-state index contributed by atoms with van der Waals surface area (Å²) in [5.74, 6) is 0.413. The van der Waals surface area contributed by atoms with Gasteiger partial charge in [0.1, 0.15) is 12.4 Å². The smallest absolute Gasteiger partial charge is 0.250 e. The van der Waals surface area contributed by atoms with Gasteiger partial charge in [-0.3, -0.25) is 9.78 Å². The van der Waals surface area contributed by atoms with Crippen molar-refractivity contribution in [1.29, 1.82) is 0 Å². The molecule has 8 nitrogen and oxygen atoms in total. The summed E-state index contributed by atoms with van der Waals surface area (Å²) in [5, 5.41) is 7.78. The molecule has 41 heavy (non-hydrogen) atoms. The zero-order valence-electron chi connectivity index (χ0n) is 22.9. The Morgan fingerprint density at radius 1 is 1.10 bits per heavy atom. The molecule has 11 heteroatoms. The number of halogens is 2. The van der Waals surface area contributed by atoms with Crippen molar-refractivity contribution in [2.75, 3.05) is 31.0 Å². The first kappa shape index (κ1) is 28.9. The van der Waals surface area contributed by atoms with Gasteiger partial charge in [0.25, 0.3) is 0 Å². The van der Waals surface area contributed by atoms with Crippen LogP contribution in [0.15, 0.2) is 66.9 Å². The number of hydrogen-bond donors (Lipinski definition) is 2. The first-order chi connectivity index (χ1) is 19.7. The number of anilines is 2. The van der Waals surface area contributed by atoms with Crippen LogP contribution in [0.1, 0.15) is 34.7 Å². The van der Waals surface area contributed by atoms with E-state index in [4.69, 9.17) is 44.9 Å². The number of ether oxygens (including phenoxy) is 2. The zero-order chi connectivity index (χ0) is 29.3.